The van der Waals surface area contributed by atoms with E-state index in [1.807, 2.05) is 5.32 Å². The number of aryl methyl sites for hydroxylation is 2. The highest BCUT2D eigenvalue weighted by atomic mass is 32.2. The fraction of sp³-hybridized carbons (Fsp3) is 0.519. The van der Waals surface area contributed by atoms with Crippen molar-refractivity contribution in [3.05, 3.63) is 57.0 Å². The lowest BCUT2D eigenvalue weighted by molar-refractivity contribution is -0.201. The lowest BCUT2D eigenvalue weighted by Crippen LogP contribution is -2.59. The Morgan fingerprint density at radius 3 is 2.37 bits per heavy atom. The first-order chi connectivity index (χ1) is 19.2. The van der Waals surface area contributed by atoms with Crippen molar-refractivity contribution in [1.82, 2.24) is 15.0 Å². The van der Waals surface area contributed by atoms with Gasteiger partial charge >= 0.3 is 12.4 Å². The molecule has 2 amide bonds. The van der Waals surface area contributed by atoms with Crippen LogP contribution < -0.4 is 10.0 Å². The third-order valence-electron chi connectivity index (χ3n) is 6.98. The minimum atomic E-state index is -5.00. The second-order valence-electron chi connectivity index (χ2n) is 10.3. The Balaban J connectivity index is 1.61. The molecule has 0 saturated heterocycles. The van der Waals surface area contributed by atoms with Gasteiger partial charge in [0.2, 0.25) is 0 Å². The van der Waals surface area contributed by atoms with E-state index in [-0.39, 0.29) is 22.8 Å². The normalized spacial score (nSPS) is 20.6. The van der Waals surface area contributed by atoms with Gasteiger partial charge in [0.1, 0.15) is 21.6 Å². The lowest BCUT2D eigenvalue weighted by Gasteiger charge is -2.39. The molecule has 1 aromatic carbocycles. The van der Waals surface area contributed by atoms with Crippen LogP contribution in [0.4, 0.5) is 26.3 Å². The van der Waals surface area contributed by atoms with Gasteiger partial charge in [-0.3, -0.25) is 14.3 Å². The summed E-state index contributed by atoms with van der Waals surface area (Å²) >= 11 is 0.770. The minimum absolute atomic E-state index is 0.0149. The zero-order valence-corrected chi connectivity index (χ0v) is 23.7. The van der Waals surface area contributed by atoms with E-state index in [1.165, 1.54) is 18.3 Å². The van der Waals surface area contributed by atoms with Crippen LogP contribution in [0.5, 0.6) is 0 Å². The molecule has 14 heteroatoms. The van der Waals surface area contributed by atoms with Gasteiger partial charge in [0, 0.05) is 23.9 Å². The Morgan fingerprint density at radius 2 is 1.76 bits per heavy atom. The number of aromatic nitrogens is 1. The Kier molecular flexibility index (Phi) is 9.32. The molecule has 1 fully saturated rings. The first-order valence-corrected chi connectivity index (χ1v) is 15.2. The highest BCUT2D eigenvalue weighted by Crippen LogP contribution is 2.49. The molecule has 2 aromatic rings. The molecule has 1 aliphatic heterocycles. The summed E-state index contributed by atoms with van der Waals surface area (Å²) in [4.78, 5) is 30.9. The van der Waals surface area contributed by atoms with Gasteiger partial charge in [-0.15, -0.1) is 11.3 Å². The van der Waals surface area contributed by atoms with Crippen LogP contribution in [0.1, 0.15) is 72.4 Å². The van der Waals surface area contributed by atoms with Gasteiger partial charge in [0.05, 0.1) is 5.25 Å². The van der Waals surface area contributed by atoms with Crippen molar-refractivity contribution in [2.45, 2.75) is 87.9 Å². The maximum absolute atomic E-state index is 14.8. The number of benzene rings is 1. The number of alkyl halides is 6. The molecule has 0 radical (unpaired) electrons. The van der Waals surface area contributed by atoms with Crippen LogP contribution in [0.25, 0.3) is 5.57 Å². The zero-order chi connectivity index (χ0) is 30.0. The predicted octanol–water partition coefficient (Wildman–Crippen LogP) is 6.18. The second kappa shape index (κ2) is 12.2. The number of thiazole rings is 1. The number of halogens is 6. The van der Waals surface area contributed by atoms with E-state index in [1.54, 1.807) is 19.1 Å². The topological polar surface area (TPSA) is 88.2 Å². The summed E-state index contributed by atoms with van der Waals surface area (Å²) in [6.07, 6.45) is -6.74. The van der Waals surface area contributed by atoms with Crippen molar-refractivity contribution < 1.29 is 40.1 Å². The Hall–Kier alpha value is -2.74. The van der Waals surface area contributed by atoms with E-state index in [4.69, 9.17) is 0 Å². The fourth-order valence-corrected chi connectivity index (χ4v) is 6.69. The Bertz CT molecular complexity index is 1330. The van der Waals surface area contributed by atoms with E-state index in [9.17, 15) is 40.1 Å². The maximum Gasteiger partial charge on any atom is 0.418 e. The summed E-state index contributed by atoms with van der Waals surface area (Å²) in [7, 11) is -1.76. The largest absolute Gasteiger partial charge is 0.418 e. The first kappa shape index (κ1) is 31.2. The van der Waals surface area contributed by atoms with E-state index in [0.717, 1.165) is 16.9 Å². The maximum atomic E-state index is 14.8. The average molecular weight is 622 g/mol. The number of amides is 2. The predicted molar refractivity (Wildman–Crippen MR) is 143 cm³/mol. The van der Waals surface area contributed by atoms with Gasteiger partial charge in [-0.25, -0.2) is 9.19 Å². The molecule has 2 atom stereocenters. The van der Waals surface area contributed by atoms with Crippen LogP contribution in [0, 0.1) is 6.92 Å². The fourth-order valence-electron chi connectivity index (χ4n) is 4.56. The molecule has 1 aromatic heterocycles. The number of rotatable bonds is 11. The summed E-state index contributed by atoms with van der Waals surface area (Å²) in [5.41, 5.74) is -2.52. The minimum Gasteiger partial charge on any atom is -0.332 e. The van der Waals surface area contributed by atoms with Gasteiger partial charge in [0.15, 0.2) is 5.54 Å². The summed E-state index contributed by atoms with van der Waals surface area (Å²) in [6, 6.07) is 6.36. The Morgan fingerprint density at radius 1 is 1.10 bits per heavy atom. The van der Waals surface area contributed by atoms with Crippen LogP contribution in [-0.4, -0.2) is 38.6 Å². The van der Waals surface area contributed by atoms with Crippen molar-refractivity contribution in [2.75, 3.05) is 0 Å². The van der Waals surface area contributed by atoms with Crippen LogP contribution in [0.15, 0.2) is 36.0 Å². The zero-order valence-electron chi connectivity index (χ0n) is 22.1. The van der Waals surface area contributed by atoms with Gasteiger partial charge in [-0.2, -0.15) is 26.3 Å². The summed E-state index contributed by atoms with van der Waals surface area (Å²) in [6.45, 7) is 1.78. The van der Waals surface area contributed by atoms with E-state index in [0.29, 0.717) is 43.4 Å². The van der Waals surface area contributed by atoms with Crippen molar-refractivity contribution in [3.8, 4) is 0 Å². The van der Waals surface area contributed by atoms with Crippen molar-refractivity contribution in [1.29, 1.82) is 0 Å². The molecule has 2 aliphatic rings. The molecular weight excluding hydrogens is 592 g/mol. The summed E-state index contributed by atoms with van der Waals surface area (Å²) in [5.74, 6) is -2.26. The molecule has 0 spiro atoms. The van der Waals surface area contributed by atoms with E-state index < -0.39 is 64.1 Å². The summed E-state index contributed by atoms with van der Waals surface area (Å²) in [5, 5.41) is 1.36. The number of carbonyl (C=O) groups is 2. The molecule has 2 heterocycles. The quantitative estimate of drug-likeness (QED) is 0.178. The third-order valence-corrected chi connectivity index (χ3v) is 9.66. The highest BCUT2D eigenvalue weighted by molar-refractivity contribution is 7.84. The number of nitrogens with zero attached hydrogens (tertiary/aromatic N) is 1. The monoisotopic (exact) mass is 621 g/mol. The van der Waals surface area contributed by atoms with E-state index in [2.05, 4.69) is 9.71 Å². The molecule has 1 saturated carbocycles. The number of carbonyl (C=O) groups excluding carboxylic acids is 2. The van der Waals surface area contributed by atoms with Crippen molar-refractivity contribution >= 4 is 39.7 Å². The van der Waals surface area contributed by atoms with Crippen LogP contribution in [-0.2, 0) is 32.5 Å². The average Bonchev–Trinajstić information content (AvgIpc) is 3.62. The molecule has 4 rings (SSSR count). The molecule has 224 valence electrons. The van der Waals surface area contributed by atoms with Gasteiger partial charge in [0.25, 0.3) is 11.8 Å². The third kappa shape index (κ3) is 7.56. The van der Waals surface area contributed by atoms with Gasteiger partial charge in [-0.1, -0.05) is 42.7 Å². The standard InChI is InChI=1S/C27H29F6N3O3S2/c1-16-7-9-17(10-8-16)20-14-25(27(31,32)33,35-22(37)21(20)23(38)36-41(39)19-11-12-19)24-34-15-18(40-24)6-4-2-3-5-13-26(28,29)30/h7-10,15,19H,2-6,11-14H2,1H3,(H,35,37)(H,36,38)/t25-,41?/m0/s1. The summed E-state index contributed by atoms with van der Waals surface area (Å²) < 4.78 is 96.1. The second-order valence-corrected chi connectivity index (χ2v) is 12.9. The van der Waals surface area contributed by atoms with Crippen LogP contribution in [0.2, 0.25) is 0 Å². The smallest absolute Gasteiger partial charge is 0.332 e. The first-order valence-electron chi connectivity index (χ1n) is 13.1. The number of nitrogens with one attached hydrogen (secondary N) is 2. The number of hydrogen-bond acceptors (Lipinski definition) is 5. The SMILES string of the molecule is Cc1ccc(C2=C(C(=O)NS(=O)C3CC3)C(=O)N[C@@](c3ncc(CCCCCCC(F)(F)F)s3)(C(F)(F)F)C2)cc1. The van der Waals surface area contributed by atoms with Crippen molar-refractivity contribution in [3.63, 3.8) is 0 Å². The molecule has 0 bridgehead atoms. The number of hydrogen-bond donors (Lipinski definition) is 2. The van der Waals surface area contributed by atoms with E-state index >= 15 is 0 Å². The molecule has 1 aliphatic carbocycles. The van der Waals surface area contributed by atoms with Crippen LogP contribution in [0.3, 0.4) is 0 Å². The van der Waals surface area contributed by atoms with Gasteiger partial charge in [-0.05, 0) is 50.2 Å². The highest BCUT2D eigenvalue weighted by Gasteiger charge is 2.62. The lowest BCUT2D eigenvalue weighted by atomic mass is 9.80. The molecule has 41 heavy (non-hydrogen) atoms. The molecular formula is C27H29F6N3O3S2. The molecule has 2 N–H and O–H groups in total. The van der Waals surface area contributed by atoms with Crippen LogP contribution >= 0.6 is 11.3 Å². The van der Waals surface area contributed by atoms with Gasteiger partial charge < -0.3 is 5.32 Å². The Labute approximate surface area is 239 Å². The molecule has 6 nitrogen and oxygen atoms in total. The number of unbranched alkanes of at least 4 members (excludes halogenated alkanes) is 3. The molecule has 1 unspecified atom stereocenters. The van der Waals surface area contributed by atoms with Crippen molar-refractivity contribution in [2.24, 2.45) is 0 Å².